The van der Waals surface area contributed by atoms with Gasteiger partial charge in [-0.25, -0.2) is 4.79 Å². The highest BCUT2D eigenvalue weighted by Gasteiger charge is 2.11. The van der Waals surface area contributed by atoms with Crippen molar-refractivity contribution in [2.24, 2.45) is 0 Å². The molecule has 6 heteroatoms. The van der Waals surface area contributed by atoms with E-state index < -0.39 is 6.09 Å². The molecular weight excluding hydrogens is 236 g/mol. The molecule has 0 aliphatic rings. The molecular formula is C12H14N2O4. The van der Waals surface area contributed by atoms with Gasteiger partial charge >= 0.3 is 6.09 Å². The van der Waals surface area contributed by atoms with Crippen LogP contribution in [0.1, 0.15) is 11.1 Å². The fourth-order valence-corrected chi connectivity index (χ4v) is 1.55. The van der Waals surface area contributed by atoms with Crippen molar-refractivity contribution in [2.45, 2.75) is 6.42 Å². The first-order valence-corrected chi connectivity index (χ1v) is 5.24. The largest absolute Gasteiger partial charge is 0.496 e. The third-order valence-electron chi connectivity index (χ3n) is 2.39. The number of carbonyl (C=O) groups is 1. The highest BCUT2D eigenvalue weighted by molar-refractivity contribution is 5.64. The van der Waals surface area contributed by atoms with Crippen molar-refractivity contribution < 1.29 is 19.4 Å². The molecule has 0 spiro atoms. The molecule has 0 unspecified atom stereocenters. The Morgan fingerprint density at radius 3 is 2.56 bits per heavy atom. The third-order valence-corrected chi connectivity index (χ3v) is 2.39. The monoisotopic (exact) mass is 250 g/mol. The maximum absolute atomic E-state index is 10.4. The first-order chi connectivity index (χ1) is 8.62. The van der Waals surface area contributed by atoms with E-state index in [9.17, 15) is 4.79 Å². The molecule has 2 N–H and O–H groups in total. The lowest BCUT2D eigenvalue weighted by Crippen LogP contribution is -2.23. The summed E-state index contributed by atoms with van der Waals surface area (Å²) in [6.07, 6.45) is -0.619. The van der Waals surface area contributed by atoms with Crippen LogP contribution in [-0.2, 0) is 6.42 Å². The van der Waals surface area contributed by atoms with Crippen LogP contribution in [0.2, 0.25) is 0 Å². The summed E-state index contributed by atoms with van der Waals surface area (Å²) in [5.74, 6) is 0.989. The lowest BCUT2D eigenvalue weighted by atomic mass is 10.1. The van der Waals surface area contributed by atoms with Gasteiger partial charge in [0.1, 0.15) is 17.6 Å². The molecule has 0 saturated carbocycles. The summed E-state index contributed by atoms with van der Waals surface area (Å²) >= 11 is 0. The second kappa shape index (κ2) is 6.35. The molecule has 0 saturated heterocycles. The van der Waals surface area contributed by atoms with E-state index in [0.29, 0.717) is 23.5 Å². The van der Waals surface area contributed by atoms with E-state index in [1.807, 2.05) is 6.07 Å². The van der Waals surface area contributed by atoms with E-state index >= 15 is 0 Å². The van der Waals surface area contributed by atoms with Gasteiger partial charge in [-0.05, 0) is 18.1 Å². The highest BCUT2D eigenvalue weighted by Crippen LogP contribution is 2.28. The standard InChI is InChI=1S/C12H14N2O4/c1-17-10-6-9(7-13)11(18-2)5-8(10)3-4-14-12(15)16/h5-6,14H,3-4H2,1-2H3,(H,15,16). The summed E-state index contributed by atoms with van der Waals surface area (Å²) in [7, 11) is 2.97. The number of nitrogens with zero attached hydrogens (tertiary/aromatic N) is 1. The number of hydrogen-bond acceptors (Lipinski definition) is 4. The van der Waals surface area contributed by atoms with Crippen LogP contribution in [0.5, 0.6) is 11.5 Å². The zero-order valence-electron chi connectivity index (χ0n) is 10.2. The van der Waals surface area contributed by atoms with Crippen LogP contribution < -0.4 is 14.8 Å². The maximum atomic E-state index is 10.4. The molecule has 0 bridgehead atoms. The number of rotatable bonds is 5. The van der Waals surface area contributed by atoms with Crippen molar-refractivity contribution in [2.75, 3.05) is 20.8 Å². The summed E-state index contributed by atoms with van der Waals surface area (Å²) in [4.78, 5) is 10.4. The van der Waals surface area contributed by atoms with Gasteiger partial charge in [-0.3, -0.25) is 0 Å². The van der Waals surface area contributed by atoms with Crippen molar-refractivity contribution in [1.82, 2.24) is 5.32 Å². The van der Waals surface area contributed by atoms with Crippen molar-refractivity contribution in [3.05, 3.63) is 23.3 Å². The first-order valence-electron chi connectivity index (χ1n) is 5.24. The van der Waals surface area contributed by atoms with Crippen molar-refractivity contribution in [3.63, 3.8) is 0 Å². The Kier molecular flexibility index (Phi) is 4.81. The van der Waals surface area contributed by atoms with Crippen LogP contribution in [-0.4, -0.2) is 32.0 Å². The lowest BCUT2D eigenvalue weighted by Gasteiger charge is -2.11. The molecule has 1 aromatic carbocycles. The Morgan fingerprint density at radius 2 is 2.06 bits per heavy atom. The molecule has 0 radical (unpaired) electrons. The molecule has 0 fully saturated rings. The number of nitrogens with one attached hydrogen (secondary N) is 1. The summed E-state index contributed by atoms with van der Waals surface area (Å²) < 4.78 is 10.3. The second-order valence-corrected chi connectivity index (χ2v) is 3.46. The highest BCUT2D eigenvalue weighted by atomic mass is 16.5. The molecule has 1 amide bonds. The summed E-state index contributed by atoms with van der Waals surface area (Å²) in [6.45, 7) is 0.265. The second-order valence-electron chi connectivity index (χ2n) is 3.46. The molecule has 18 heavy (non-hydrogen) atoms. The molecule has 1 aromatic rings. The Morgan fingerprint density at radius 1 is 1.39 bits per heavy atom. The Hall–Kier alpha value is -2.42. The van der Waals surface area contributed by atoms with Gasteiger partial charge in [-0.2, -0.15) is 5.26 Å². The number of hydrogen-bond donors (Lipinski definition) is 2. The van der Waals surface area contributed by atoms with Crippen LogP contribution in [0, 0.1) is 11.3 Å². The van der Waals surface area contributed by atoms with Crippen LogP contribution in [0.3, 0.4) is 0 Å². The molecule has 6 nitrogen and oxygen atoms in total. The van der Waals surface area contributed by atoms with Crippen LogP contribution in [0.25, 0.3) is 0 Å². The van der Waals surface area contributed by atoms with Gasteiger partial charge in [-0.15, -0.1) is 0 Å². The van der Waals surface area contributed by atoms with E-state index in [4.69, 9.17) is 19.8 Å². The van der Waals surface area contributed by atoms with Crippen molar-refractivity contribution in [1.29, 1.82) is 5.26 Å². The average Bonchev–Trinajstić information content (AvgIpc) is 2.37. The number of nitriles is 1. The number of ether oxygens (including phenoxy) is 2. The number of amides is 1. The van der Waals surface area contributed by atoms with Crippen molar-refractivity contribution >= 4 is 6.09 Å². The van der Waals surface area contributed by atoms with Crippen molar-refractivity contribution in [3.8, 4) is 17.6 Å². The van der Waals surface area contributed by atoms with Gasteiger partial charge in [-0.1, -0.05) is 0 Å². The topological polar surface area (TPSA) is 91.6 Å². The average molecular weight is 250 g/mol. The number of methoxy groups -OCH3 is 2. The first kappa shape index (κ1) is 13.6. The van der Waals surface area contributed by atoms with Gasteiger partial charge in [0.15, 0.2) is 0 Å². The number of benzene rings is 1. The Balaban J connectivity index is 2.95. The molecule has 0 aliphatic heterocycles. The molecule has 0 aliphatic carbocycles. The van der Waals surface area contributed by atoms with Crippen LogP contribution in [0.4, 0.5) is 4.79 Å². The summed E-state index contributed by atoms with van der Waals surface area (Å²) in [6, 6.07) is 5.27. The Bertz CT molecular complexity index is 480. The summed E-state index contributed by atoms with van der Waals surface area (Å²) in [5.41, 5.74) is 1.16. The minimum atomic E-state index is -1.07. The van der Waals surface area contributed by atoms with Gasteiger partial charge in [0.25, 0.3) is 0 Å². The van der Waals surface area contributed by atoms with Gasteiger partial charge < -0.3 is 19.9 Å². The SMILES string of the molecule is COc1cc(CCNC(=O)O)c(OC)cc1C#N. The van der Waals surface area contributed by atoms with E-state index in [0.717, 1.165) is 5.56 Å². The van der Waals surface area contributed by atoms with E-state index in [1.165, 1.54) is 14.2 Å². The maximum Gasteiger partial charge on any atom is 0.404 e. The molecule has 0 aromatic heterocycles. The smallest absolute Gasteiger partial charge is 0.404 e. The summed E-state index contributed by atoms with van der Waals surface area (Å²) in [5, 5.41) is 19.7. The zero-order chi connectivity index (χ0) is 13.5. The van der Waals surface area contributed by atoms with Gasteiger partial charge in [0, 0.05) is 12.6 Å². The fraction of sp³-hybridized carbons (Fsp3) is 0.333. The van der Waals surface area contributed by atoms with Crippen LogP contribution >= 0.6 is 0 Å². The zero-order valence-corrected chi connectivity index (χ0v) is 10.2. The van der Waals surface area contributed by atoms with E-state index in [2.05, 4.69) is 5.32 Å². The Labute approximate surface area is 105 Å². The van der Waals surface area contributed by atoms with Gasteiger partial charge in [0.05, 0.1) is 19.8 Å². The van der Waals surface area contributed by atoms with Crippen LogP contribution in [0.15, 0.2) is 12.1 Å². The molecule has 0 heterocycles. The van der Waals surface area contributed by atoms with E-state index in [1.54, 1.807) is 12.1 Å². The van der Waals surface area contributed by atoms with Gasteiger partial charge in [0.2, 0.25) is 0 Å². The molecule has 0 atom stereocenters. The third kappa shape index (κ3) is 3.28. The molecule has 1 rings (SSSR count). The lowest BCUT2D eigenvalue weighted by molar-refractivity contribution is 0.194. The number of carboxylic acid groups (broad SMARTS) is 1. The minimum absolute atomic E-state index is 0.265. The predicted molar refractivity (Wildman–Crippen MR) is 64.0 cm³/mol. The fourth-order valence-electron chi connectivity index (χ4n) is 1.55. The van der Waals surface area contributed by atoms with E-state index in [-0.39, 0.29) is 6.54 Å². The minimum Gasteiger partial charge on any atom is -0.496 e. The predicted octanol–water partition coefficient (Wildman–Crippen LogP) is 1.39. The molecule has 96 valence electrons. The quantitative estimate of drug-likeness (QED) is 0.823. The normalized spacial score (nSPS) is 9.39.